The number of carbonyl (C=O) groups excluding carboxylic acids is 1. The maximum atomic E-state index is 13.1. The molecule has 2 aromatic rings. The molecular weight excluding hydrogens is 312 g/mol. The fourth-order valence-electron chi connectivity index (χ4n) is 4.98. The average molecular weight is 336 g/mol. The molecule has 1 amide bonds. The van der Waals surface area contributed by atoms with E-state index in [-0.39, 0.29) is 5.92 Å². The van der Waals surface area contributed by atoms with Gasteiger partial charge in [0.05, 0.1) is 6.04 Å². The normalized spacial score (nSPS) is 25.8. The van der Waals surface area contributed by atoms with Crippen LogP contribution in [0.3, 0.4) is 0 Å². The largest absolute Gasteiger partial charge is 0.334 e. The van der Waals surface area contributed by atoms with E-state index >= 15 is 0 Å². The predicted octanol–water partition coefficient (Wildman–Crippen LogP) is 3.05. The zero-order valence-corrected chi connectivity index (χ0v) is 14.5. The maximum absolute atomic E-state index is 13.1. The van der Waals surface area contributed by atoms with Crippen LogP contribution in [0.15, 0.2) is 30.3 Å². The van der Waals surface area contributed by atoms with Crippen molar-refractivity contribution < 1.29 is 4.79 Å². The Hall–Kier alpha value is -2.17. The number of carbonyl (C=O) groups is 1. The number of hydrogen-bond donors (Lipinski definition) is 0. The molecule has 0 radical (unpaired) electrons. The first-order chi connectivity index (χ1) is 12.3. The van der Waals surface area contributed by atoms with E-state index in [1.807, 2.05) is 18.2 Å². The third-order valence-electron chi connectivity index (χ3n) is 6.25. The summed E-state index contributed by atoms with van der Waals surface area (Å²) in [6.07, 6.45) is 7.64. The molecular formula is C20H24N4O. The van der Waals surface area contributed by atoms with Crippen molar-refractivity contribution in [2.75, 3.05) is 0 Å². The van der Waals surface area contributed by atoms with Crippen molar-refractivity contribution in [1.29, 1.82) is 0 Å². The number of aromatic nitrogens is 3. The SMILES string of the molecule is O=C(C1CCCC1)N1C2CCC1Cn1c(nnc1-c1ccccc1)C2. The second-order valence-corrected chi connectivity index (χ2v) is 7.73. The van der Waals surface area contributed by atoms with Crippen molar-refractivity contribution in [2.24, 2.45) is 5.92 Å². The molecule has 2 fully saturated rings. The summed E-state index contributed by atoms with van der Waals surface area (Å²) in [5, 5.41) is 8.94. The van der Waals surface area contributed by atoms with E-state index in [0.29, 0.717) is 18.0 Å². The van der Waals surface area contributed by atoms with Gasteiger partial charge in [0, 0.05) is 30.5 Å². The van der Waals surface area contributed by atoms with Crippen LogP contribution >= 0.6 is 0 Å². The Morgan fingerprint density at radius 3 is 2.52 bits per heavy atom. The topological polar surface area (TPSA) is 51.0 Å². The molecule has 0 N–H and O–H groups in total. The number of amides is 1. The summed E-state index contributed by atoms with van der Waals surface area (Å²) in [6, 6.07) is 10.9. The molecule has 2 unspecified atom stereocenters. The van der Waals surface area contributed by atoms with Gasteiger partial charge in [-0.3, -0.25) is 4.79 Å². The predicted molar refractivity (Wildman–Crippen MR) is 94.8 cm³/mol. The average Bonchev–Trinajstić information content (AvgIpc) is 3.35. The van der Waals surface area contributed by atoms with Gasteiger partial charge in [0.25, 0.3) is 0 Å². The Balaban J connectivity index is 1.47. The second kappa shape index (κ2) is 5.97. The summed E-state index contributed by atoms with van der Waals surface area (Å²) >= 11 is 0. The first-order valence-electron chi connectivity index (χ1n) is 9.61. The molecule has 3 aliphatic rings. The van der Waals surface area contributed by atoms with Crippen molar-refractivity contribution in [3.8, 4) is 11.4 Å². The van der Waals surface area contributed by atoms with Crippen molar-refractivity contribution in [3.05, 3.63) is 36.2 Å². The van der Waals surface area contributed by atoms with Gasteiger partial charge in [-0.2, -0.15) is 0 Å². The Morgan fingerprint density at radius 2 is 1.72 bits per heavy atom. The molecule has 2 bridgehead atoms. The van der Waals surface area contributed by atoms with Gasteiger partial charge < -0.3 is 9.47 Å². The van der Waals surface area contributed by atoms with Gasteiger partial charge >= 0.3 is 0 Å². The number of hydrogen-bond acceptors (Lipinski definition) is 3. The molecule has 2 atom stereocenters. The highest BCUT2D eigenvalue weighted by Gasteiger charge is 2.43. The minimum Gasteiger partial charge on any atom is -0.334 e. The van der Waals surface area contributed by atoms with Crippen LogP contribution in [0.4, 0.5) is 0 Å². The van der Waals surface area contributed by atoms with E-state index in [2.05, 4.69) is 31.8 Å². The Bertz CT molecular complexity index is 778. The first-order valence-corrected chi connectivity index (χ1v) is 9.61. The van der Waals surface area contributed by atoms with Gasteiger partial charge in [-0.1, -0.05) is 43.2 Å². The van der Waals surface area contributed by atoms with Crippen molar-refractivity contribution in [3.63, 3.8) is 0 Å². The quantitative estimate of drug-likeness (QED) is 0.847. The molecule has 5 rings (SSSR count). The fourth-order valence-corrected chi connectivity index (χ4v) is 4.98. The summed E-state index contributed by atoms with van der Waals surface area (Å²) < 4.78 is 2.26. The lowest BCUT2D eigenvalue weighted by molar-refractivity contribution is -0.138. The van der Waals surface area contributed by atoms with Gasteiger partial charge in [-0.25, -0.2) is 0 Å². The van der Waals surface area contributed by atoms with E-state index < -0.39 is 0 Å². The molecule has 1 aromatic heterocycles. The summed E-state index contributed by atoms with van der Waals surface area (Å²) in [5.41, 5.74) is 1.10. The first kappa shape index (κ1) is 15.1. The van der Waals surface area contributed by atoms with Gasteiger partial charge in [0.15, 0.2) is 5.82 Å². The van der Waals surface area contributed by atoms with E-state index in [1.165, 1.54) is 12.8 Å². The minimum atomic E-state index is 0.264. The molecule has 130 valence electrons. The summed E-state index contributed by atoms with van der Waals surface area (Å²) in [5.74, 6) is 2.65. The molecule has 2 aliphatic heterocycles. The molecule has 1 aliphatic carbocycles. The zero-order chi connectivity index (χ0) is 16.8. The van der Waals surface area contributed by atoms with Gasteiger partial charge in [-0.15, -0.1) is 10.2 Å². The minimum absolute atomic E-state index is 0.264. The third kappa shape index (κ3) is 2.48. The van der Waals surface area contributed by atoms with Crippen molar-refractivity contribution in [2.45, 2.75) is 63.6 Å². The smallest absolute Gasteiger partial charge is 0.226 e. The highest BCUT2D eigenvalue weighted by molar-refractivity contribution is 5.80. The molecule has 0 spiro atoms. The zero-order valence-electron chi connectivity index (χ0n) is 14.5. The third-order valence-corrected chi connectivity index (χ3v) is 6.25. The van der Waals surface area contributed by atoms with Crippen LogP contribution < -0.4 is 0 Å². The van der Waals surface area contributed by atoms with Gasteiger partial charge in [0.2, 0.25) is 5.91 Å². The van der Waals surface area contributed by atoms with Crippen LogP contribution in [-0.2, 0) is 17.8 Å². The number of fused-ring (bicyclic) bond motifs is 3. The molecule has 1 saturated heterocycles. The number of benzene rings is 1. The lowest BCUT2D eigenvalue weighted by atomic mass is 10.0. The van der Waals surface area contributed by atoms with Crippen LogP contribution in [-0.4, -0.2) is 37.7 Å². The molecule has 5 nitrogen and oxygen atoms in total. The van der Waals surface area contributed by atoms with E-state index in [0.717, 1.165) is 55.9 Å². The Kier molecular flexibility index (Phi) is 3.61. The van der Waals surface area contributed by atoms with E-state index in [9.17, 15) is 4.79 Å². The summed E-state index contributed by atoms with van der Waals surface area (Å²) in [6.45, 7) is 0.835. The Morgan fingerprint density at radius 1 is 0.960 bits per heavy atom. The second-order valence-electron chi connectivity index (χ2n) is 7.73. The van der Waals surface area contributed by atoms with E-state index in [4.69, 9.17) is 0 Å². The fraction of sp³-hybridized carbons (Fsp3) is 0.550. The highest BCUT2D eigenvalue weighted by Crippen LogP contribution is 2.36. The molecule has 5 heteroatoms. The molecule has 25 heavy (non-hydrogen) atoms. The van der Waals surface area contributed by atoms with Crippen molar-refractivity contribution in [1.82, 2.24) is 19.7 Å². The lowest BCUT2D eigenvalue weighted by Crippen LogP contribution is -2.44. The Labute approximate surface area is 148 Å². The number of nitrogens with zero attached hydrogens (tertiary/aromatic N) is 4. The van der Waals surface area contributed by atoms with Gasteiger partial charge in [0.1, 0.15) is 5.82 Å². The van der Waals surface area contributed by atoms with Crippen LogP contribution in [0.2, 0.25) is 0 Å². The monoisotopic (exact) mass is 336 g/mol. The summed E-state index contributed by atoms with van der Waals surface area (Å²) in [4.78, 5) is 15.4. The van der Waals surface area contributed by atoms with Crippen LogP contribution in [0, 0.1) is 5.92 Å². The van der Waals surface area contributed by atoms with E-state index in [1.54, 1.807) is 0 Å². The molecule has 3 heterocycles. The van der Waals surface area contributed by atoms with Crippen LogP contribution in [0.5, 0.6) is 0 Å². The molecule has 1 aromatic carbocycles. The maximum Gasteiger partial charge on any atom is 0.226 e. The van der Waals surface area contributed by atoms with Gasteiger partial charge in [-0.05, 0) is 25.7 Å². The number of rotatable bonds is 2. The standard InChI is InChI=1S/C20H24N4O/c25-20(15-8-4-5-9-15)24-16-10-11-17(24)13-23-18(12-16)21-22-19(23)14-6-2-1-3-7-14/h1-3,6-7,15-17H,4-5,8-13H2. The summed E-state index contributed by atoms with van der Waals surface area (Å²) in [7, 11) is 0. The molecule has 1 saturated carbocycles. The lowest BCUT2D eigenvalue weighted by Gasteiger charge is -2.30. The van der Waals surface area contributed by atoms with Crippen LogP contribution in [0.1, 0.15) is 44.3 Å². The highest BCUT2D eigenvalue weighted by atomic mass is 16.2. The van der Waals surface area contributed by atoms with Crippen LogP contribution in [0.25, 0.3) is 11.4 Å². The van der Waals surface area contributed by atoms with Crippen molar-refractivity contribution >= 4 is 5.91 Å².